The molecule has 0 aromatic carbocycles. The molecule has 0 bridgehead atoms. The largest absolute Gasteiger partial charge is 0.441 e. The van der Waals surface area contributed by atoms with E-state index < -0.39 is 0 Å². The fourth-order valence-electron chi connectivity index (χ4n) is 2.74. The molecule has 6 heteroatoms. The van der Waals surface area contributed by atoms with Crippen LogP contribution in [0.1, 0.15) is 6.42 Å². The molecule has 4 nitrogen and oxygen atoms in total. The maximum atomic E-state index is 5.91. The predicted molar refractivity (Wildman–Crippen MR) is 85.7 cm³/mol. The maximum Gasteiger partial charge on any atom is 0.194 e. The number of hydrogen-bond donors (Lipinski definition) is 0. The number of halogens is 1. The van der Waals surface area contributed by atoms with Crippen molar-refractivity contribution in [3.05, 3.63) is 35.7 Å². The molecule has 4 rings (SSSR count). The van der Waals surface area contributed by atoms with Crippen molar-refractivity contribution in [3.63, 3.8) is 0 Å². The number of pyridine rings is 1. The average Bonchev–Trinajstić information content (AvgIpc) is 3.20. The van der Waals surface area contributed by atoms with E-state index in [0.29, 0.717) is 16.9 Å². The minimum absolute atomic E-state index is 0.382. The molecule has 108 valence electrons. The minimum atomic E-state index is 0.382. The minimum Gasteiger partial charge on any atom is -0.441 e. The molecule has 3 aromatic rings. The van der Waals surface area contributed by atoms with Crippen LogP contribution in [0.5, 0.6) is 0 Å². The van der Waals surface area contributed by atoms with Crippen LogP contribution in [0, 0.1) is 5.92 Å². The first-order chi connectivity index (χ1) is 10.3. The molecule has 0 N–H and O–H groups in total. The van der Waals surface area contributed by atoms with Gasteiger partial charge in [-0.05, 0) is 59.7 Å². The van der Waals surface area contributed by atoms with E-state index in [2.05, 4.69) is 14.5 Å². The third-order valence-electron chi connectivity index (χ3n) is 3.76. The summed E-state index contributed by atoms with van der Waals surface area (Å²) >= 11 is 7.93. The van der Waals surface area contributed by atoms with E-state index in [-0.39, 0.29) is 0 Å². The molecule has 4 heterocycles. The van der Waals surface area contributed by atoms with Crippen LogP contribution in [0.3, 0.4) is 0 Å². The SMILES string of the molecule is Clc1ccc(-c2nc3cccnc3n2CC2CCSC2)o1. The van der Waals surface area contributed by atoms with Crippen LogP contribution in [-0.2, 0) is 6.54 Å². The molecule has 1 fully saturated rings. The Bertz CT molecular complexity index is 776. The molecule has 1 aliphatic rings. The zero-order chi connectivity index (χ0) is 14.2. The number of fused-ring (bicyclic) bond motifs is 1. The van der Waals surface area contributed by atoms with E-state index in [0.717, 1.165) is 23.5 Å². The van der Waals surface area contributed by atoms with E-state index in [9.17, 15) is 0 Å². The normalized spacial score (nSPS) is 18.6. The number of rotatable bonds is 3. The Morgan fingerprint density at radius 1 is 1.38 bits per heavy atom. The number of imidazole rings is 1. The molecule has 3 aromatic heterocycles. The Morgan fingerprint density at radius 2 is 2.33 bits per heavy atom. The lowest BCUT2D eigenvalue weighted by atomic mass is 10.1. The average molecular weight is 320 g/mol. The van der Waals surface area contributed by atoms with Crippen molar-refractivity contribution in [2.75, 3.05) is 11.5 Å². The smallest absolute Gasteiger partial charge is 0.194 e. The number of thioether (sulfide) groups is 1. The van der Waals surface area contributed by atoms with Gasteiger partial charge in [0.2, 0.25) is 0 Å². The van der Waals surface area contributed by atoms with Gasteiger partial charge in [0.15, 0.2) is 22.5 Å². The van der Waals surface area contributed by atoms with E-state index in [1.54, 1.807) is 6.07 Å². The van der Waals surface area contributed by atoms with Gasteiger partial charge in [-0.15, -0.1) is 0 Å². The monoisotopic (exact) mass is 319 g/mol. The van der Waals surface area contributed by atoms with Crippen molar-refractivity contribution in [2.45, 2.75) is 13.0 Å². The molecule has 1 atom stereocenters. The highest BCUT2D eigenvalue weighted by Crippen LogP contribution is 2.31. The lowest BCUT2D eigenvalue weighted by Gasteiger charge is -2.12. The van der Waals surface area contributed by atoms with Crippen LogP contribution in [0.2, 0.25) is 5.22 Å². The summed E-state index contributed by atoms with van der Waals surface area (Å²) < 4.78 is 7.72. The van der Waals surface area contributed by atoms with E-state index >= 15 is 0 Å². The third-order valence-corrected chi connectivity index (χ3v) is 5.20. The fraction of sp³-hybridized carbons (Fsp3) is 0.333. The summed E-state index contributed by atoms with van der Waals surface area (Å²) in [5.74, 6) is 4.62. The van der Waals surface area contributed by atoms with Gasteiger partial charge < -0.3 is 8.98 Å². The van der Waals surface area contributed by atoms with Crippen molar-refractivity contribution < 1.29 is 4.42 Å². The predicted octanol–water partition coefficient (Wildman–Crippen LogP) is 4.10. The van der Waals surface area contributed by atoms with Gasteiger partial charge in [0.1, 0.15) is 5.52 Å². The first-order valence-electron chi connectivity index (χ1n) is 6.96. The molecule has 0 saturated carbocycles. The first-order valence-corrected chi connectivity index (χ1v) is 8.49. The Labute approximate surface area is 131 Å². The van der Waals surface area contributed by atoms with Crippen LogP contribution >= 0.6 is 23.4 Å². The Hall–Kier alpha value is -1.46. The van der Waals surface area contributed by atoms with Gasteiger partial charge in [0, 0.05) is 12.7 Å². The van der Waals surface area contributed by atoms with Gasteiger partial charge in [0.25, 0.3) is 0 Å². The topological polar surface area (TPSA) is 43.9 Å². The zero-order valence-electron chi connectivity index (χ0n) is 11.3. The third kappa shape index (κ3) is 2.45. The van der Waals surface area contributed by atoms with Crippen LogP contribution in [-0.4, -0.2) is 26.0 Å². The molecule has 21 heavy (non-hydrogen) atoms. The van der Waals surface area contributed by atoms with Gasteiger partial charge >= 0.3 is 0 Å². The van der Waals surface area contributed by atoms with Gasteiger partial charge in [-0.1, -0.05) is 0 Å². The summed E-state index contributed by atoms with van der Waals surface area (Å²) in [5.41, 5.74) is 1.81. The molecule has 0 radical (unpaired) electrons. The second-order valence-corrected chi connectivity index (χ2v) is 6.75. The highest BCUT2D eigenvalue weighted by Gasteiger charge is 2.22. The maximum absolute atomic E-state index is 5.91. The van der Waals surface area contributed by atoms with Crippen LogP contribution in [0.25, 0.3) is 22.7 Å². The Kier molecular flexibility index (Phi) is 3.39. The second kappa shape index (κ2) is 5.39. The van der Waals surface area contributed by atoms with Gasteiger partial charge in [-0.3, -0.25) is 0 Å². The van der Waals surface area contributed by atoms with E-state index in [4.69, 9.17) is 16.0 Å². The van der Waals surface area contributed by atoms with Gasteiger partial charge in [0.05, 0.1) is 0 Å². The first kappa shape index (κ1) is 13.2. The number of furan rings is 1. The lowest BCUT2D eigenvalue weighted by Crippen LogP contribution is -2.11. The summed E-state index contributed by atoms with van der Waals surface area (Å²) in [6.45, 7) is 0.925. The van der Waals surface area contributed by atoms with Crippen LogP contribution < -0.4 is 0 Å². The Morgan fingerprint density at radius 3 is 3.10 bits per heavy atom. The van der Waals surface area contributed by atoms with Crippen molar-refractivity contribution in [2.24, 2.45) is 5.92 Å². The number of nitrogens with zero attached hydrogens (tertiary/aromatic N) is 3. The lowest BCUT2D eigenvalue weighted by molar-refractivity contribution is 0.494. The highest BCUT2D eigenvalue weighted by molar-refractivity contribution is 7.99. The summed E-state index contributed by atoms with van der Waals surface area (Å²) in [6.07, 6.45) is 3.05. The van der Waals surface area contributed by atoms with Crippen molar-refractivity contribution in [3.8, 4) is 11.6 Å². The molecule has 1 saturated heterocycles. The fourth-order valence-corrected chi connectivity index (χ4v) is 4.16. The van der Waals surface area contributed by atoms with Gasteiger partial charge in [-0.2, -0.15) is 11.8 Å². The summed E-state index contributed by atoms with van der Waals surface area (Å²) in [4.78, 5) is 9.17. The van der Waals surface area contributed by atoms with Crippen LogP contribution in [0.4, 0.5) is 0 Å². The quantitative estimate of drug-likeness (QED) is 0.729. The summed E-state index contributed by atoms with van der Waals surface area (Å²) in [7, 11) is 0. The summed E-state index contributed by atoms with van der Waals surface area (Å²) in [5, 5.41) is 0.382. The van der Waals surface area contributed by atoms with E-state index in [1.165, 1.54) is 17.9 Å². The molecule has 1 aliphatic heterocycles. The van der Waals surface area contributed by atoms with Crippen molar-refractivity contribution in [1.29, 1.82) is 0 Å². The summed E-state index contributed by atoms with van der Waals surface area (Å²) in [6, 6.07) is 7.50. The molecule has 1 unspecified atom stereocenters. The molecule has 0 spiro atoms. The Balaban J connectivity index is 1.84. The van der Waals surface area contributed by atoms with Gasteiger partial charge in [-0.25, -0.2) is 9.97 Å². The zero-order valence-corrected chi connectivity index (χ0v) is 12.9. The number of aromatic nitrogens is 3. The standard InChI is InChI=1S/C15H14ClN3OS/c16-13-4-3-12(20-13)15-18-11-2-1-6-17-14(11)19(15)8-10-5-7-21-9-10/h1-4,6,10H,5,7-9H2. The molecular weight excluding hydrogens is 306 g/mol. The second-order valence-electron chi connectivity index (χ2n) is 5.23. The highest BCUT2D eigenvalue weighted by atomic mass is 35.5. The molecular formula is C15H14ClN3OS. The van der Waals surface area contributed by atoms with Crippen molar-refractivity contribution in [1.82, 2.24) is 14.5 Å². The van der Waals surface area contributed by atoms with Crippen LogP contribution in [0.15, 0.2) is 34.9 Å². The number of hydrogen-bond acceptors (Lipinski definition) is 4. The van der Waals surface area contributed by atoms with E-state index in [1.807, 2.05) is 36.2 Å². The molecule has 0 amide bonds. The molecule has 0 aliphatic carbocycles. The van der Waals surface area contributed by atoms with Crippen molar-refractivity contribution >= 4 is 34.5 Å².